The zero-order chi connectivity index (χ0) is 9.68. The second-order valence-electron chi connectivity index (χ2n) is 2.13. The Morgan fingerprint density at radius 2 is 2.38 bits per heavy atom. The quantitative estimate of drug-likeness (QED) is 0.804. The van der Waals surface area contributed by atoms with Crippen LogP contribution in [0.15, 0.2) is 16.5 Å². The molecule has 1 aromatic heterocycles. The van der Waals surface area contributed by atoms with Crippen molar-refractivity contribution in [3.8, 4) is 5.88 Å². The van der Waals surface area contributed by atoms with Crippen molar-refractivity contribution < 1.29 is 9.13 Å². The van der Waals surface area contributed by atoms with Gasteiger partial charge in [-0.05, 0) is 29.5 Å². The Bertz CT molecular complexity index is 300. The molecule has 0 aliphatic heterocycles. The van der Waals surface area contributed by atoms with Crippen molar-refractivity contribution in [3.63, 3.8) is 0 Å². The minimum Gasteiger partial charge on any atom is -0.477 e. The van der Waals surface area contributed by atoms with E-state index in [9.17, 15) is 4.39 Å². The first-order valence-corrected chi connectivity index (χ1v) is 4.93. The SMILES string of the molecule is CCOc1cnc(/C(F)=C/I)cn1. The number of nitrogens with zero attached hydrogens (tertiary/aromatic N) is 2. The van der Waals surface area contributed by atoms with Crippen LogP contribution in [0.3, 0.4) is 0 Å². The van der Waals surface area contributed by atoms with Crippen molar-refractivity contribution >= 4 is 28.4 Å². The highest BCUT2D eigenvalue weighted by Crippen LogP contribution is 2.15. The molecule has 3 nitrogen and oxygen atoms in total. The van der Waals surface area contributed by atoms with Crippen molar-refractivity contribution in [2.45, 2.75) is 6.92 Å². The van der Waals surface area contributed by atoms with E-state index in [1.54, 1.807) is 22.6 Å². The minimum atomic E-state index is -0.392. The standard InChI is InChI=1S/C8H8FIN2O/c1-2-13-8-5-11-7(4-12-8)6(9)3-10/h3-5H,2H2,1H3/b6-3-. The number of ether oxygens (including phenoxy) is 1. The van der Waals surface area contributed by atoms with Gasteiger partial charge in [-0.25, -0.2) is 14.4 Å². The van der Waals surface area contributed by atoms with Gasteiger partial charge >= 0.3 is 0 Å². The van der Waals surface area contributed by atoms with Gasteiger partial charge in [0.2, 0.25) is 5.88 Å². The van der Waals surface area contributed by atoms with Gasteiger partial charge in [-0.1, -0.05) is 0 Å². The summed E-state index contributed by atoms with van der Waals surface area (Å²) in [5, 5.41) is 0. The molecule has 0 spiro atoms. The summed E-state index contributed by atoms with van der Waals surface area (Å²) in [7, 11) is 0. The molecule has 1 rings (SSSR count). The molecule has 0 atom stereocenters. The molecule has 0 saturated heterocycles. The predicted octanol–water partition coefficient (Wildman–Crippen LogP) is 2.58. The van der Waals surface area contributed by atoms with Crippen LogP contribution in [0.5, 0.6) is 5.88 Å². The van der Waals surface area contributed by atoms with Gasteiger partial charge in [0.05, 0.1) is 19.0 Å². The fourth-order valence-corrected chi connectivity index (χ4v) is 1.04. The lowest BCUT2D eigenvalue weighted by atomic mass is 10.4. The van der Waals surface area contributed by atoms with Gasteiger partial charge in [0.1, 0.15) is 5.69 Å². The van der Waals surface area contributed by atoms with Crippen LogP contribution in [0.25, 0.3) is 5.83 Å². The van der Waals surface area contributed by atoms with Gasteiger partial charge in [-0.2, -0.15) is 0 Å². The highest BCUT2D eigenvalue weighted by Gasteiger charge is 2.01. The van der Waals surface area contributed by atoms with E-state index in [0.29, 0.717) is 12.5 Å². The molecule has 0 N–H and O–H groups in total. The van der Waals surface area contributed by atoms with Crippen LogP contribution in [0, 0.1) is 0 Å². The summed E-state index contributed by atoms with van der Waals surface area (Å²) in [6, 6.07) is 0. The van der Waals surface area contributed by atoms with Crippen LogP contribution < -0.4 is 4.74 Å². The van der Waals surface area contributed by atoms with Crippen LogP contribution in [0.1, 0.15) is 12.6 Å². The Hall–Kier alpha value is -0.720. The number of hydrogen-bond donors (Lipinski definition) is 0. The molecule has 0 fully saturated rings. The molecular weight excluding hydrogens is 286 g/mol. The van der Waals surface area contributed by atoms with Gasteiger partial charge in [-0.15, -0.1) is 0 Å². The van der Waals surface area contributed by atoms with Crippen molar-refractivity contribution in [2.24, 2.45) is 0 Å². The third kappa shape index (κ3) is 2.91. The Morgan fingerprint density at radius 3 is 2.85 bits per heavy atom. The van der Waals surface area contributed by atoms with E-state index < -0.39 is 5.83 Å². The summed E-state index contributed by atoms with van der Waals surface area (Å²) < 4.78 is 19.3. The van der Waals surface area contributed by atoms with E-state index in [4.69, 9.17) is 4.74 Å². The molecule has 0 aliphatic carbocycles. The summed E-state index contributed by atoms with van der Waals surface area (Å²) in [6.07, 6.45) is 2.74. The van der Waals surface area contributed by atoms with Crippen LogP contribution >= 0.6 is 22.6 Å². The van der Waals surface area contributed by atoms with Gasteiger partial charge in [0.25, 0.3) is 0 Å². The number of hydrogen-bond acceptors (Lipinski definition) is 3. The number of aromatic nitrogens is 2. The molecule has 5 heteroatoms. The van der Waals surface area contributed by atoms with Crippen molar-refractivity contribution in [2.75, 3.05) is 6.61 Å². The van der Waals surface area contributed by atoms with Gasteiger partial charge in [0, 0.05) is 4.08 Å². The lowest BCUT2D eigenvalue weighted by Gasteiger charge is -2.00. The first-order chi connectivity index (χ1) is 6.27. The summed E-state index contributed by atoms with van der Waals surface area (Å²) >= 11 is 1.81. The molecule has 0 amide bonds. The van der Waals surface area contributed by atoms with Gasteiger partial charge < -0.3 is 4.74 Å². The average Bonchev–Trinajstić information content (AvgIpc) is 2.18. The third-order valence-corrected chi connectivity index (χ3v) is 1.81. The highest BCUT2D eigenvalue weighted by atomic mass is 127. The Kier molecular flexibility index (Phi) is 4.07. The molecule has 0 radical (unpaired) electrons. The maximum absolute atomic E-state index is 12.9. The van der Waals surface area contributed by atoms with E-state index in [-0.39, 0.29) is 5.69 Å². The second-order valence-corrected chi connectivity index (χ2v) is 2.75. The Balaban J connectivity index is 2.81. The fourth-order valence-electron chi connectivity index (χ4n) is 0.718. The fraction of sp³-hybridized carbons (Fsp3) is 0.250. The smallest absolute Gasteiger partial charge is 0.232 e. The molecule has 0 bridgehead atoms. The first kappa shape index (κ1) is 10.4. The monoisotopic (exact) mass is 294 g/mol. The normalized spacial score (nSPS) is 11.5. The molecule has 0 aliphatic rings. The number of rotatable bonds is 3. The second kappa shape index (κ2) is 5.11. The summed E-state index contributed by atoms with van der Waals surface area (Å²) in [5.74, 6) is 0.0173. The third-order valence-electron chi connectivity index (χ3n) is 1.26. The van der Waals surface area contributed by atoms with E-state index in [0.717, 1.165) is 0 Å². The predicted molar refractivity (Wildman–Crippen MR) is 56.3 cm³/mol. The molecular formula is C8H8FIN2O. The minimum absolute atomic E-state index is 0.220. The molecule has 70 valence electrons. The van der Waals surface area contributed by atoms with Crippen LogP contribution in [-0.2, 0) is 0 Å². The Labute approximate surface area is 89.2 Å². The molecule has 1 heterocycles. The lowest BCUT2D eigenvalue weighted by Crippen LogP contribution is -1.96. The lowest BCUT2D eigenvalue weighted by molar-refractivity contribution is 0.325. The topological polar surface area (TPSA) is 35.0 Å². The molecule has 0 unspecified atom stereocenters. The van der Waals surface area contributed by atoms with E-state index in [1.165, 1.54) is 16.5 Å². The van der Waals surface area contributed by atoms with Gasteiger partial charge in [0.15, 0.2) is 5.83 Å². The number of halogens is 2. The maximum atomic E-state index is 12.9. The first-order valence-electron chi connectivity index (χ1n) is 3.69. The van der Waals surface area contributed by atoms with E-state index >= 15 is 0 Å². The van der Waals surface area contributed by atoms with E-state index in [2.05, 4.69) is 9.97 Å². The van der Waals surface area contributed by atoms with Crippen molar-refractivity contribution in [3.05, 3.63) is 22.2 Å². The van der Waals surface area contributed by atoms with Gasteiger partial charge in [-0.3, -0.25) is 0 Å². The molecule has 1 aromatic rings. The van der Waals surface area contributed by atoms with Crippen LogP contribution in [-0.4, -0.2) is 16.6 Å². The largest absolute Gasteiger partial charge is 0.477 e. The van der Waals surface area contributed by atoms with Crippen molar-refractivity contribution in [1.29, 1.82) is 0 Å². The maximum Gasteiger partial charge on any atom is 0.232 e. The molecule has 13 heavy (non-hydrogen) atoms. The zero-order valence-electron chi connectivity index (χ0n) is 7.00. The highest BCUT2D eigenvalue weighted by molar-refractivity contribution is 14.1. The molecule has 0 saturated carbocycles. The average molecular weight is 294 g/mol. The Morgan fingerprint density at radius 1 is 1.62 bits per heavy atom. The summed E-state index contributed by atoms with van der Waals surface area (Å²) in [4.78, 5) is 7.70. The zero-order valence-corrected chi connectivity index (χ0v) is 9.16. The summed E-state index contributed by atoms with van der Waals surface area (Å²) in [6.45, 7) is 2.37. The van der Waals surface area contributed by atoms with Crippen molar-refractivity contribution in [1.82, 2.24) is 9.97 Å². The van der Waals surface area contributed by atoms with Crippen LogP contribution in [0.2, 0.25) is 0 Å². The summed E-state index contributed by atoms with van der Waals surface area (Å²) in [5.41, 5.74) is 0.220. The van der Waals surface area contributed by atoms with E-state index in [1.807, 2.05) is 6.92 Å². The molecule has 0 aromatic carbocycles. The van der Waals surface area contributed by atoms with Crippen LogP contribution in [0.4, 0.5) is 4.39 Å².